The van der Waals surface area contributed by atoms with Gasteiger partial charge in [0.05, 0.1) is 28.4 Å². The van der Waals surface area contributed by atoms with Crippen LogP contribution < -0.4 is 5.56 Å². The number of thiophene rings is 1. The number of aldehydes is 1. The fourth-order valence-corrected chi connectivity index (χ4v) is 4.17. The van der Waals surface area contributed by atoms with Crippen molar-refractivity contribution in [2.75, 3.05) is 20.1 Å². The summed E-state index contributed by atoms with van der Waals surface area (Å²) in [6.45, 7) is 3.75. The Balaban J connectivity index is 0.000000174. The van der Waals surface area contributed by atoms with E-state index in [1.807, 2.05) is 5.38 Å². The van der Waals surface area contributed by atoms with E-state index in [4.69, 9.17) is 0 Å². The van der Waals surface area contributed by atoms with Crippen molar-refractivity contribution < 1.29 is 9.90 Å². The lowest BCUT2D eigenvalue weighted by molar-refractivity contribution is 0.112. The first-order valence-electron chi connectivity index (χ1n) is 8.30. The number of nitrogens with zero attached hydrogens (tertiary/aromatic N) is 4. The summed E-state index contributed by atoms with van der Waals surface area (Å²) in [6, 6.07) is 1.72. The van der Waals surface area contributed by atoms with Crippen LogP contribution >= 0.6 is 11.3 Å². The van der Waals surface area contributed by atoms with Crippen LogP contribution in [0, 0.1) is 12.8 Å². The minimum atomic E-state index is -0.241. The van der Waals surface area contributed by atoms with Crippen molar-refractivity contribution in [2.45, 2.75) is 18.9 Å². The second kappa shape index (κ2) is 6.11. The third-order valence-corrected chi connectivity index (χ3v) is 5.78. The zero-order valence-corrected chi connectivity index (χ0v) is 15.3. The molecule has 3 aromatic rings. The van der Waals surface area contributed by atoms with Gasteiger partial charge in [-0.25, -0.2) is 9.67 Å². The SMILES string of the molecule is CN1CC2CC2(O)C1.Cc1c(C=O)cnn1-c1nc2sccc2c(=O)[nH]1. The first kappa shape index (κ1) is 17.1. The Morgan fingerprint density at radius 2 is 2.31 bits per heavy atom. The fraction of sp³-hybridized carbons (Fsp3) is 0.412. The van der Waals surface area contributed by atoms with E-state index in [-0.39, 0.29) is 11.2 Å². The molecule has 2 N–H and O–H groups in total. The number of likely N-dealkylation sites (tertiary alicyclic amines) is 1. The summed E-state index contributed by atoms with van der Waals surface area (Å²) in [5, 5.41) is 15.8. The van der Waals surface area contributed by atoms with Gasteiger partial charge in [0.15, 0.2) is 6.29 Å². The molecule has 2 unspecified atom stereocenters. The standard InChI is InChI=1S/C11H8N4O2S.C6H11NO/c1-6-7(5-16)4-12-15(6)11-13-9(17)8-2-3-18-10(8)14-11;1-7-3-5-2-6(5,8)4-7/h2-5H,1H3,(H,13,14,17);5,8H,2-4H2,1H3. The number of nitrogens with one attached hydrogen (secondary N) is 1. The maximum absolute atomic E-state index is 11.8. The number of β-amino-alcohol motifs (C(OH)–C–C–N with tert-alkyl or cyclic N) is 1. The van der Waals surface area contributed by atoms with Gasteiger partial charge in [-0.05, 0) is 31.8 Å². The molecule has 0 radical (unpaired) electrons. The number of H-pyrrole nitrogens is 1. The molecule has 4 heterocycles. The molecule has 2 atom stereocenters. The van der Waals surface area contributed by atoms with Crippen molar-refractivity contribution in [3.05, 3.63) is 39.3 Å². The van der Waals surface area contributed by atoms with Crippen LogP contribution in [-0.2, 0) is 0 Å². The molecular weight excluding hydrogens is 354 g/mol. The second-order valence-electron chi connectivity index (χ2n) is 6.95. The van der Waals surface area contributed by atoms with Crippen LogP contribution in [0.1, 0.15) is 22.5 Å². The molecule has 0 bridgehead atoms. The minimum Gasteiger partial charge on any atom is -0.388 e. The molecule has 1 saturated heterocycles. The summed E-state index contributed by atoms with van der Waals surface area (Å²) in [5.41, 5.74) is 0.668. The molecule has 1 saturated carbocycles. The molecule has 9 heteroatoms. The van der Waals surface area contributed by atoms with Gasteiger partial charge in [-0.1, -0.05) is 0 Å². The molecule has 1 aliphatic carbocycles. The van der Waals surface area contributed by atoms with Crippen molar-refractivity contribution in [3.8, 4) is 5.95 Å². The number of hydrogen-bond acceptors (Lipinski definition) is 7. The van der Waals surface area contributed by atoms with Gasteiger partial charge in [0.25, 0.3) is 5.56 Å². The van der Waals surface area contributed by atoms with Crippen molar-refractivity contribution in [1.29, 1.82) is 0 Å². The van der Waals surface area contributed by atoms with Crippen molar-refractivity contribution in [1.82, 2.24) is 24.6 Å². The normalized spacial score (nSPS) is 24.2. The minimum absolute atomic E-state index is 0.209. The number of likely N-dealkylation sites (N-methyl/N-ethyl adjacent to an activating group) is 1. The summed E-state index contributed by atoms with van der Waals surface area (Å²) < 4.78 is 1.45. The Kier molecular flexibility index (Phi) is 4.02. The number of hydrogen-bond donors (Lipinski definition) is 2. The Morgan fingerprint density at radius 3 is 2.88 bits per heavy atom. The molecule has 136 valence electrons. The number of carbonyl (C=O) groups is 1. The van der Waals surface area contributed by atoms with E-state index in [0.29, 0.717) is 33.3 Å². The molecule has 0 spiro atoms. The molecule has 8 nitrogen and oxygen atoms in total. The average Bonchev–Trinajstić information content (AvgIpc) is 3.00. The van der Waals surface area contributed by atoms with E-state index in [9.17, 15) is 14.7 Å². The van der Waals surface area contributed by atoms with E-state index in [1.165, 1.54) is 22.2 Å². The molecule has 1 aliphatic heterocycles. The highest BCUT2D eigenvalue weighted by Gasteiger charge is 2.57. The Morgan fingerprint density at radius 1 is 1.50 bits per heavy atom. The van der Waals surface area contributed by atoms with Crippen LogP contribution in [0.3, 0.4) is 0 Å². The Labute approximate surface area is 153 Å². The monoisotopic (exact) mass is 373 g/mol. The maximum atomic E-state index is 11.8. The van der Waals surface area contributed by atoms with Crippen LogP contribution in [0.15, 0.2) is 22.4 Å². The van der Waals surface area contributed by atoms with Crippen LogP contribution in [0.25, 0.3) is 16.2 Å². The van der Waals surface area contributed by atoms with E-state index >= 15 is 0 Å². The Hall–Kier alpha value is -2.36. The number of piperidine rings is 1. The maximum Gasteiger partial charge on any atom is 0.261 e. The van der Waals surface area contributed by atoms with Crippen LogP contribution in [0.2, 0.25) is 0 Å². The zero-order valence-electron chi connectivity index (χ0n) is 14.5. The van der Waals surface area contributed by atoms with Crippen molar-refractivity contribution in [2.24, 2.45) is 5.92 Å². The highest BCUT2D eigenvalue weighted by atomic mass is 32.1. The molecular formula is C17H19N5O3S. The number of fused-ring (bicyclic) bond motifs is 2. The lowest BCUT2D eigenvalue weighted by Gasteiger charge is -2.09. The van der Waals surface area contributed by atoms with Crippen LogP contribution in [0.5, 0.6) is 0 Å². The molecule has 3 aromatic heterocycles. The van der Waals surface area contributed by atoms with Gasteiger partial charge >= 0.3 is 0 Å². The van der Waals surface area contributed by atoms with E-state index in [0.717, 1.165) is 25.8 Å². The molecule has 2 fully saturated rings. The summed E-state index contributed by atoms with van der Waals surface area (Å²) in [4.78, 5) is 32.4. The Bertz CT molecular complexity index is 1040. The molecule has 2 aliphatic rings. The zero-order chi connectivity index (χ0) is 18.5. The first-order chi connectivity index (χ1) is 12.4. The molecule has 0 aromatic carbocycles. The number of aromatic amines is 1. The van der Waals surface area contributed by atoms with E-state index in [2.05, 4.69) is 27.0 Å². The van der Waals surface area contributed by atoms with Gasteiger partial charge in [-0.2, -0.15) is 5.10 Å². The number of aromatic nitrogens is 4. The topological polar surface area (TPSA) is 104 Å². The molecule has 26 heavy (non-hydrogen) atoms. The predicted octanol–water partition coefficient (Wildman–Crippen LogP) is 0.974. The van der Waals surface area contributed by atoms with Crippen molar-refractivity contribution in [3.63, 3.8) is 0 Å². The summed E-state index contributed by atoms with van der Waals surface area (Å²) in [6.07, 6.45) is 3.22. The number of rotatable bonds is 2. The third kappa shape index (κ3) is 2.87. The van der Waals surface area contributed by atoms with E-state index < -0.39 is 0 Å². The number of aliphatic hydroxyl groups is 1. The highest BCUT2D eigenvalue weighted by molar-refractivity contribution is 7.16. The fourth-order valence-electron chi connectivity index (χ4n) is 3.41. The van der Waals surface area contributed by atoms with Crippen molar-refractivity contribution >= 4 is 27.8 Å². The lowest BCUT2D eigenvalue weighted by atomic mass is 10.3. The van der Waals surface area contributed by atoms with Gasteiger partial charge in [-0.15, -0.1) is 11.3 Å². The third-order valence-electron chi connectivity index (χ3n) is 4.97. The summed E-state index contributed by atoms with van der Waals surface area (Å²) in [7, 11) is 2.06. The van der Waals surface area contributed by atoms with Gasteiger partial charge in [0.1, 0.15) is 4.83 Å². The summed E-state index contributed by atoms with van der Waals surface area (Å²) in [5.74, 6) is 0.938. The van der Waals surface area contributed by atoms with Crippen LogP contribution in [-0.4, -0.2) is 61.8 Å². The van der Waals surface area contributed by atoms with Gasteiger partial charge < -0.3 is 10.0 Å². The molecule has 0 amide bonds. The molecule has 5 rings (SSSR count). The quantitative estimate of drug-likeness (QED) is 0.649. The van der Waals surface area contributed by atoms with E-state index in [1.54, 1.807) is 13.0 Å². The van der Waals surface area contributed by atoms with Gasteiger partial charge in [-0.3, -0.25) is 14.6 Å². The number of carbonyl (C=O) groups excluding carboxylic acids is 1. The van der Waals surface area contributed by atoms with Crippen LogP contribution in [0.4, 0.5) is 0 Å². The average molecular weight is 373 g/mol. The summed E-state index contributed by atoms with van der Waals surface area (Å²) >= 11 is 1.39. The second-order valence-corrected chi connectivity index (χ2v) is 7.84. The predicted molar refractivity (Wildman–Crippen MR) is 98.0 cm³/mol. The first-order valence-corrected chi connectivity index (χ1v) is 9.18. The highest BCUT2D eigenvalue weighted by Crippen LogP contribution is 2.48. The smallest absolute Gasteiger partial charge is 0.261 e. The van der Waals surface area contributed by atoms with Gasteiger partial charge in [0, 0.05) is 19.0 Å². The van der Waals surface area contributed by atoms with Gasteiger partial charge in [0.2, 0.25) is 5.95 Å². The lowest BCUT2D eigenvalue weighted by Crippen LogP contribution is -2.22. The largest absolute Gasteiger partial charge is 0.388 e.